The lowest BCUT2D eigenvalue weighted by Gasteiger charge is -2.26. The topological polar surface area (TPSA) is 67.1 Å². The average molecular weight is 283 g/mol. The van der Waals surface area contributed by atoms with Crippen molar-refractivity contribution >= 4 is 28.1 Å². The first-order chi connectivity index (χ1) is 9.06. The molecule has 104 valence electrons. The van der Waals surface area contributed by atoms with E-state index in [0.717, 1.165) is 0 Å². The molecule has 0 saturated heterocycles. The van der Waals surface area contributed by atoms with Gasteiger partial charge in [-0.2, -0.15) is 0 Å². The third-order valence-corrected chi connectivity index (χ3v) is 3.63. The Balaban J connectivity index is 2.48. The smallest absolute Gasteiger partial charge is 0.356 e. The molecule has 0 radical (unpaired) electrons. The number of carbonyl (C=O) groups is 1. The molecule has 0 bridgehead atoms. The van der Waals surface area contributed by atoms with Gasteiger partial charge in [0.25, 0.3) is 0 Å². The quantitative estimate of drug-likeness (QED) is 0.877. The number of hydrogen-bond donors (Lipinski definition) is 1. The van der Waals surface area contributed by atoms with Gasteiger partial charge in [-0.3, -0.25) is 4.40 Å². The molecule has 0 aliphatic heterocycles. The van der Waals surface area contributed by atoms with Gasteiger partial charge in [0.2, 0.25) is 0 Å². The van der Waals surface area contributed by atoms with Gasteiger partial charge in [0.1, 0.15) is 0 Å². The summed E-state index contributed by atoms with van der Waals surface area (Å²) in [5.74, 6) is -0.463. The first-order valence-electron chi connectivity index (χ1n) is 6.00. The molecule has 19 heavy (non-hydrogen) atoms. The summed E-state index contributed by atoms with van der Waals surface area (Å²) in [6.07, 6.45) is 1.73. The fourth-order valence-corrected chi connectivity index (χ4v) is 2.68. The van der Waals surface area contributed by atoms with Crippen molar-refractivity contribution < 1.29 is 14.6 Å². The number of nitrogens with zero attached hydrogens (tertiary/aromatic N) is 3. The van der Waals surface area contributed by atoms with Crippen LogP contribution in [0.4, 0.5) is 5.82 Å². The zero-order valence-electron chi connectivity index (χ0n) is 11.2. The number of anilines is 1. The fourth-order valence-electron chi connectivity index (χ4n) is 1.97. The first kappa shape index (κ1) is 13.8. The van der Waals surface area contributed by atoms with Crippen molar-refractivity contribution in [3.8, 4) is 0 Å². The third-order valence-electron chi connectivity index (χ3n) is 2.88. The van der Waals surface area contributed by atoms with Crippen molar-refractivity contribution in [1.29, 1.82) is 0 Å². The van der Waals surface area contributed by atoms with E-state index in [-0.39, 0.29) is 11.7 Å². The number of imidazole rings is 1. The van der Waals surface area contributed by atoms with E-state index in [1.807, 2.05) is 24.1 Å². The van der Waals surface area contributed by atoms with Gasteiger partial charge in [0.15, 0.2) is 16.5 Å². The van der Waals surface area contributed by atoms with Crippen LogP contribution in [-0.4, -0.2) is 46.8 Å². The Kier molecular flexibility index (Phi) is 4.06. The molecule has 0 saturated carbocycles. The molecule has 0 amide bonds. The van der Waals surface area contributed by atoms with Gasteiger partial charge in [-0.25, -0.2) is 9.78 Å². The Labute approximate surface area is 115 Å². The maximum atomic E-state index is 11.5. The predicted octanol–water partition coefficient (Wildman–Crippen LogP) is 1.96. The molecular weight excluding hydrogens is 266 g/mol. The molecule has 0 aliphatic carbocycles. The number of aromatic carboxylic acids is 1. The van der Waals surface area contributed by atoms with E-state index >= 15 is 0 Å². The van der Waals surface area contributed by atoms with Gasteiger partial charge < -0.3 is 14.7 Å². The minimum atomic E-state index is -0.969. The Morgan fingerprint density at radius 3 is 2.95 bits per heavy atom. The second-order valence-corrected chi connectivity index (χ2v) is 5.30. The number of fused-ring (bicyclic) bond motifs is 1. The highest BCUT2D eigenvalue weighted by molar-refractivity contribution is 7.15. The van der Waals surface area contributed by atoms with Crippen LogP contribution in [0.15, 0.2) is 11.6 Å². The second-order valence-electron chi connectivity index (χ2n) is 4.42. The maximum absolute atomic E-state index is 11.5. The average Bonchev–Trinajstić information content (AvgIpc) is 2.88. The van der Waals surface area contributed by atoms with E-state index in [1.165, 1.54) is 11.3 Å². The fraction of sp³-hybridized carbons (Fsp3) is 0.500. The van der Waals surface area contributed by atoms with Crippen molar-refractivity contribution in [2.75, 3.05) is 25.2 Å². The van der Waals surface area contributed by atoms with Crippen molar-refractivity contribution in [3.05, 3.63) is 17.3 Å². The maximum Gasteiger partial charge on any atom is 0.356 e. The Morgan fingerprint density at radius 1 is 1.63 bits per heavy atom. The second kappa shape index (κ2) is 5.58. The standard InChI is InChI=1S/C12H17N3O3S/c1-8(2)14(4-6-18-3)10-9(11(16)17)15-5-7-19-12(15)13-10/h5,7-8H,4,6H2,1-3H3,(H,16,17). The van der Waals surface area contributed by atoms with Gasteiger partial charge in [-0.15, -0.1) is 11.3 Å². The van der Waals surface area contributed by atoms with E-state index < -0.39 is 5.97 Å². The lowest BCUT2D eigenvalue weighted by Crippen LogP contribution is -2.35. The number of rotatable bonds is 6. The van der Waals surface area contributed by atoms with Gasteiger partial charge in [-0.1, -0.05) is 0 Å². The summed E-state index contributed by atoms with van der Waals surface area (Å²) < 4.78 is 6.69. The molecule has 2 heterocycles. The van der Waals surface area contributed by atoms with Crippen LogP contribution in [0, 0.1) is 0 Å². The van der Waals surface area contributed by atoms with Crippen molar-refractivity contribution in [2.45, 2.75) is 19.9 Å². The zero-order chi connectivity index (χ0) is 14.0. The van der Waals surface area contributed by atoms with Crippen molar-refractivity contribution in [2.24, 2.45) is 0 Å². The summed E-state index contributed by atoms with van der Waals surface area (Å²) in [6, 6.07) is 0.151. The minimum absolute atomic E-state index is 0.151. The van der Waals surface area contributed by atoms with Crippen LogP contribution < -0.4 is 4.90 Å². The van der Waals surface area contributed by atoms with Gasteiger partial charge >= 0.3 is 5.97 Å². The summed E-state index contributed by atoms with van der Waals surface area (Å²) in [4.78, 5) is 18.6. The van der Waals surface area contributed by atoms with Crippen LogP contribution in [0.2, 0.25) is 0 Å². The summed E-state index contributed by atoms with van der Waals surface area (Å²) in [7, 11) is 1.63. The lowest BCUT2D eigenvalue weighted by molar-refractivity contribution is 0.0690. The molecule has 0 atom stereocenters. The Hall–Kier alpha value is -1.60. The number of thiazole rings is 1. The number of methoxy groups -OCH3 is 1. The lowest BCUT2D eigenvalue weighted by atomic mass is 10.3. The van der Waals surface area contributed by atoms with E-state index in [9.17, 15) is 9.90 Å². The molecule has 7 heteroatoms. The first-order valence-corrected chi connectivity index (χ1v) is 6.88. The number of carboxylic acids is 1. The molecule has 0 aromatic carbocycles. The molecule has 0 aliphatic rings. The summed E-state index contributed by atoms with van der Waals surface area (Å²) in [5, 5.41) is 11.2. The zero-order valence-corrected chi connectivity index (χ0v) is 12.0. The molecule has 2 rings (SSSR count). The van der Waals surface area contributed by atoms with Crippen LogP contribution in [0.3, 0.4) is 0 Å². The number of hydrogen-bond acceptors (Lipinski definition) is 5. The molecule has 2 aromatic heterocycles. The molecular formula is C12H17N3O3S. The van der Waals surface area contributed by atoms with Gasteiger partial charge in [-0.05, 0) is 13.8 Å². The Bertz CT molecular complexity index is 576. The summed E-state index contributed by atoms with van der Waals surface area (Å²) >= 11 is 1.42. The minimum Gasteiger partial charge on any atom is -0.476 e. The van der Waals surface area contributed by atoms with Gasteiger partial charge in [0.05, 0.1) is 6.61 Å². The number of aromatic nitrogens is 2. The SMILES string of the molecule is COCCN(c1nc2sccn2c1C(=O)O)C(C)C. The number of carboxylic acid groups (broad SMARTS) is 1. The molecule has 6 nitrogen and oxygen atoms in total. The molecule has 0 fully saturated rings. The van der Waals surface area contributed by atoms with Crippen LogP contribution in [0.5, 0.6) is 0 Å². The Morgan fingerprint density at radius 2 is 2.37 bits per heavy atom. The van der Waals surface area contributed by atoms with E-state index in [0.29, 0.717) is 23.9 Å². The van der Waals surface area contributed by atoms with Crippen LogP contribution >= 0.6 is 11.3 Å². The normalized spacial score (nSPS) is 11.4. The van der Waals surface area contributed by atoms with Crippen LogP contribution in [0.1, 0.15) is 24.3 Å². The van der Waals surface area contributed by atoms with Crippen molar-refractivity contribution in [3.63, 3.8) is 0 Å². The van der Waals surface area contributed by atoms with E-state index in [1.54, 1.807) is 17.7 Å². The largest absolute Gasteiger partial charge is 0.476 e. The number of ether oxygens (including phenoxy) is 1. The summed E-state index contributed by atoms with van der Waals surface area (Å²) in [5.41, 5.74) is 0.209. The summed E-state index contributed by atoms with van der Waals surface area (Å²) in [6.45, 7) is 5.16. The molecule has 0 unspecified atom stereocenters. The third kappa shape index (κ3) is 2.57. The monoisotopic (exact) mass is 283 g/mol. The van der Waals surface area contributed by atoms with E-state index in [4.69, 9.17) is 4.74 Å². The molecule has 2 aromatic rings. The van der Waals surface area contributed by atoms with Crippen molar-refractivity contribution in [1.82, 2.24) is 9.38 Å². The van der Waals surface area contributed by atoms with Gasteiger partial charge in [0, 0.05) is 31.3 Å². The predicted molar refractivity (Wildman–Crippen MR) is 74.4 cm³/mol. The highest BCUT2D eigenvalue weighted by Crippen LogP contribution is 2.26. The van der Waals surface area contributed by atoms with Crippen LogP contribution in [-0.2, 0) is 4.74 Å². The highest BCUT2D eigenvalue weighted by Gasteiger charge is 2.25. The van der Waals surface area contributed by atoms with Crippen LogP contribution in [0.25, 0.3) is 4.96 Å². The molecule has 1 N–H and O–H groups in total. The molecule has 0 spiro atoms. The van der Waals surface area contributed by atoms with E-state index in [2.05, 4.69) is 4.98 Å². The highest BCUT2D eigenvalue weighted by atomic mass is 32.1.